The molecule has 0 saturated carbocycles. The van der Waals surface area contributed by atoms with Crippen LogP contribution in [0.2, 0.25) is 0 Å². The Labute approximate surface area is 151 Å². The maximum Gasteiger partial charge on any atom is 0.416 e. The Morgan fingerprint density at radius 3 is 2.11 bits per heavy atom. The highest BCUT2D eigenvalue weighted by Gasteiger charge is 2.54. The van der Waals surface area contributed by atoms with Gasteiger partial charge in [0.1, 0.15) is 0 Å². The molecule has 10 heteroatoms. The summed E-state index contributed by atoms with van der Waals surface area (Å²) in [5.41, 5.74) is 0.00817. The van der Waals surface area contributed by atoms with Crippen molar-refractivity contribution in [3.8, 4) is 0 Å². The Morgan fingerprint density at radius 2 is 1.52 bits per heavy atom. The molecule has 1 fully saturated rings. The van der Waals surface area contributed by atoms with Crippen LogP contribution in [0.25, 0.3) is 0 Å². The first-order valence-electron chi connectivity index (χ1n) is 7.87. The molecule has 2 aromatic carbocycles. The van der Waals surface area contributed by atoms with E-state index >= 15 is 0 Å². The lowest BCUT2D eigenvalue weighted by Crippen LogP contribution is -2.54. The van der Waals surface area contributed by atoms with E-state index in [0.29, 0.717) is 16.7 Å². The maximum absolute atomic E-state index is 12.8. The third-order valence-electron chi connectivity index (χ3n) is 4.55. The lowest BCUT2D eigenvalue weighted by molar-refractivity contribution is -0.137. The summed E-state index contributed by atoms with van der Waals surface area (Å²) in [6.45, 7) is 0. The van der Waals surface area contributed by atoms with Gasteiger partial charge in [0.05, 0.1) is 22.6 Å². The van der Waals surface area contributed by atoms with Crippen molar-refractivity contribution in [1.82, 2.24) is 5.28 Å². The minimum Gasteiger partial charge on any atom is -0.311 e. The topological polar surface area (TPSA) is 67.3 Å². The van der Waals surface area contributed by atoms with Crippen LogP contribution in [0.1, 0.15) is 5.56 Å². The number of rotatable bonds is 1. The number of amides is 2. The average molecular weight is 378 g/mol. The number of alkyl halides is 3. The van der Waals surface area contributed by atoms with Crippen LogP contribution in [0.4, 0.5) is 30.2 Å². The van der Waals surface area contributed by atoms with E-state index in [1.165, 1.54) is 11.9 Å². The third-order valence-corrected chi connectivity index (χ3v) is 4.55. The van der Waals surface area contributed by atoms with Gasteiger partial charge in [-0.05, 0) is 36.4 Å². The Kier molecular flexibility index (Phi) is 3.65. The van der Waals surface area contributed by atoms with E-state index in [0.717, 1.165) is 34.3 Å². The number of halogens is 3. The van der Waals surface area contributed by atoms with E-state index < -0.39 is 29.6 Å². The Hall–Kier alpha value is -3.11. The fourth-order valence-corrected chi connectivity index (χ4v) is 3.22. The molecule has 7 nitrogen and oxygen atoms in total. The van der Waals surface area contributed by atoms with Crippen LogP contribution in [0.15, 0.2) is 48.5 Å². The van der Waals surface area contributed by atoms with E-state index in [-0.39, 0.29) is 5.69 Å². The Bertz CT molecular complexity index is 932. The van der Waals surface area contributed by atoms with Gasteiger partial charge in [0, 0.05) is 12.3 Å². The van der Waals surface area contributed by atoms with Crippen LogP contribution in [-0.2, 0) is 15.8 Å². The lowest BCUT2D eigenvalue weighted by atomic mass is 10.1. The van der Waals surface area contributed by atoms with Gasteiger partial charge in [-0.1, -0.05) is 12.1 Å². The van der Waals surface area contributed by atoms with Gasteiger partial charge in [-0.15, -0.1) is 0 Å². The third kappa shape index (κ3) is 2.45. The number of hydrazine groups is 2. The molecular formula is C17H13F3N4O3. The molecule has 1 unspecified atom stereocenters. The molecule has 2 aromatic rings. The molecule has 0 aliphatic carbocycles. The highest BCUT2D eigenvalue weighted by Crippen LogP contribution is 2.41. The van der Waals surface area contributed by atoms with Crippen LogP contribution in [-0.4, -0.2) is 35.4 Å². The molecule has 0 bridgehead atoms. The van der Waals surface area contributed by atoms with Crippen molar-refractivity contribution in [3.05, 3.63) is 54.1 Å². The predicted molar refractivity (Wildman–Crippen MR) is 88.7 cm³/mol. The Morgan fingerprint density at radius 1 is 0.926 bits per heavy atom. The summed E-state index contributed by atoms with van der Waals surface area (Å²) in [6.07, 6.45) is -4.53. The van der Waals surface area contributed by atoms with Gasteiger partial charge in [0.15, 0.2) is 0 Å². The first-order chi connectivity index (χ1) is 12.7. The monoisotopic (exact) mass is 378 g/mol. The second kappa shape index (κ2) is 5.69. The van der Waals surface area contributed by atoms with Gasteiger partial charge in [0.25, 0.3) is 11.8 Å². The fourth-order valence-electron chi connectivity index (χ4n) is 3.22. The summed E-state index contributed by atoms with van der Waals surface area (Å²) in [4.78, 5) is 26.8. The van der Waals surface area contributed by atoms with Crippen molar-refractivity contribution in [2.24, 2.45) is 0 Å². The molecule has 1 saturated heterocycles. The first-order valence-corrected chi connectivity index (χ1v) is 7.87. The summed E-state index contributed by atoms with van der Waals surface area (Å²) in [7, 11) is 1.51. The summed E-state index contributed by atoms with van der Waals surface area (Å²) in [5.74, 6) is -1.34. The molecule has 2 amide bonds. The van der Waals surface area contributed by atoms with E-state index in [4.69, 9.17) is 0 Å². The van der Waals surface area contributed by atoms with Gasteiger partial charge in [0.2, 0.25) is 6.04 Å². The fraction of sp³-hybridized carbons (Fsp3) is 0.176. The average Bonchev–Trinajstić information content (AvgIpc) is 2.90. The number of nitrogens with zero attached hydrogens (tertiary/aromatic N) is 4. The first kappa shape index (κ1) is 17.3. The molecule has 4 rings (SSSR count). The van der Waals surface area contributed by atoms with Crippen LogP contribution in [0.3, 0.4) is 0 Å². The largest absolute Gasteiger partial charge is 0.416 e. The normalized spacial score (nSPS) is 20.2. The summed E-state index contributed by atoms with van der Waals surface area (Å²) >= 11 is 0. The van der Waals surface area contributed by atoms with Crippen molar-refractivity contribution in [2.45, 2.75) is 12.2 Å². The number of hydrogen-bond donors (Lipinski definition) is 1. The van der Waals surface area contributed by atoms with E-state index in [2.05, 4.69) is 0 Å². The summed E-state index contributed by atoms with van der Waals surface area (Å²) < 4.78 is 38.3. The van der Waals surface area contributed by atoms with Crippen molar-refractivity contribution >= 4 is 28.9 Å². The van der Waals surface area contributed by atoms with Gasteiger partial charge in [-0.2, -0.15) is 18.2 Å². The molecule has 0 aromatic heterocycles. The number of hydrogen-bond acceptors (Lipinski definition) is 5. The molecule has 0 spiro atoms. The summed E-state index contributed by atoms with van der Waals surface area (Å²) in [6, 6.07) is 9.03. The van der Waals surface area contributed by atoms with Gasteiger partial charge in [-0.3, -0.25) is 14.8 Å². The van der Waals surface area contributed by atoms with Crippen molar-refractivity contribution in [3.63, 3.8) is 0 Å². The molecule has 2 heterocycles. The number of anilines is 3. The summed E-state index contributed by atoms with van der Waals surface area (Å²) in [5, 5.41) is 12.9. The second-order valence-electron chi connectivity index (χ2n) is 6.10. The molecule has 140 valence electrons. The zero-order valence-corrected chi connectivity index (χ0v) is 13.9. The molecular weight excluding hydrogens is 365 g/mol. The van der Waals surface area contributed by atoms with E-state index in [9.17, 15) is 28.0 Å². The van der Waals surface area contributed by atoms with Gasteiger partial charge < -0.3 is 4.90 Å². The molecule has 1 N–H and O–H groups in total. The molecule has 0 radical (unpaired) electrons. The quantitative estimate of drug-likeness (QED) is 0.772. The second-order valence-corrected chi connectivity index (χ2v) is 6.10. The predicted octanol–water partition coefficient (Wildman–Crippen LogP) is 2.42. The van der Waals surface area contributed by atoms with Gasteiger partial charge in [-0.25, -0.2) is 5.01 Å². The van der Waals surface area contributed by atoms with Crippen LogP contribution >= 0.6 is 0 Å². The number of fused-ring (bicyclic) bond motifs is 3. The molecule has 2 aliphatic rings. The molecule has 1 atom stereocenters. The van der Waals surface area contributed by atoms with Crippen LogP contribution in [0.5, 0.6) is 0 Å². The van der Waals surface area contributed by atoms with E-state index in [1.54, 1.807) is 24.3 Å². The van der Waals surface area contributed by atoms with Crippen molar-refractivity contribution < 1.29 is 28.0 Å². The minimum atomic E-state index is -4.53. The van der Waals surface area contributed by atoms with Crippen LogP contribution < -0.4 is 14.9 Å². The minimum absolute atomic E-state index is 0.00201. The zero-order valence-electron chi connectivity index (χ0n) is 13.9. The zero-order chi connectivity index (χ0) is 19.5. The number of benzene rings is 2. The SMILES string of the molecule is CN1C(=O)C2C(=O)N(c3ccc(C(F)(F)F)cc3)N(O)N2c2ccccc21. The maximum atomic E-state index is 12.8. The highest BCUT2D eigenvalue weighted by molar-refractivity contribution is 6.22. The standard InChI is InChI=1S/C17H13F3N4O3/c1-21-12-4-2-3-5-13(12)23-14(15(21)25)16(26)22(24(23)27)11-8-6-10(7-9-11)17(18,19)20/h2-9,14,27H,1H3. The number of likely N-dealkylation sites (N-methyl/N-ethyl adjacent to an activating group) is 1. The number of para-hydroxylation sites is 2. The van der Waals surface area contributed by atoms with Crippen LogP contribution in [0, 0.1) is 0 Å². The number of carbonyl (C=O) groups is 2. The Balaban J connectivity index is 1.77. The number of carbonyl (C=O) groups excluding carboxylic acids is 2. The highest BCUT2D eigenvalue weighted by atomic mass is 19.4. The van der Waals surface area contributed by atoms with E-state index in [1.807, 2.05) is 0 Å². The molecule has 2 aliphatic heterocycles. The lowest BCUT2D eigenvalue weighted by Gasteiger charge is -2.37. The van der Waals surface area contributed by atoms with Crippen molar-refractivity contribution in [1.29, 1.82) is 0 Å². The van der Waals surface area contributed by atoms with Crippen molar-refractivity contribution in [2.75, 3.05) is 22.0 Å². The van der Waals surface area contributed by atoms with Gasteiger partial charge >= 0.3 is 6.18 Å². The molecule has 27 heavy (non-hydrogen) atoms. The smallest absolute Gasteiger partial charge is 0.311 e.